The van der Waals surface area contributed by atoms with Crippen LogP contribution in [-0.4, -0.2) is 119 Å². The Morgan fingerprint density at radius 3 is 1.88 bits per heavy atom. The summed E-state index contributed by atoms with van der Waals surface area (Å²) in [5.41, 5.74) is 0. The Morgan fingerprint density at radius 2 is 1.35 bits per heavy atom. The van der Waals surface area contributed by atoms with E-state index in [1.807, 2.05) is 0 Å². The molecule has 0 saturated carbocycles. The summed E-state index contributed by atoms with van der Waals surface area (Å²) in [5, 5.41) is 42.1. The maximum Gasteiger partial charge on any atom is 0.309 e. The van der Waals surface area contributed by atoms with Crippen LogP contribution in [0.2, 0.25) is 0 Å². The molecule has 10 atom stereocenters. The summed E-state index contributed by atoms with van der Waals surface area (Å²) >= 11 is 0. The van der Waals surface area contributed by atoms with Gasteiger partial charge in [-0.15, -0.1) is 0 Å². The second-order valence-corrected chi connectivity index (χ2v) is 14.0. The van der Waals surface area contributed by atoms with Gasteiger partial charge in [0.15, 0.2) is 24.4 Å². The summed E-state index contributed by atoms with van der Waals surface area (Å²) in [6.07, 6.45) is -3.07. The molecule has 0 radical (unpaired) electrons. The highest BCUT2D eigenvalue weighted by Gasteiger charge is 2.62. The van der Waals surface area contributed by atoms with E-state index in [0.29, 0.717) is 12.8 Å². The summed E-state index contributed by atoms with van der Waals surface area (Å²) < 4.78 is 40.4. The minimum atomic E-state index is -2.38. The average molecular weight is 735 g/mol. The van der Waals surface area contributed by atoms with Crippen molar-refractivity contribution in [2.75, 3.05) is 19.8 Å². The molecule has 2 saturated heterocycles. The van der Waals surface area contributed by atoms with Gasteiger partial charge in [-0.25, -0.2) is 0 Å². The van der Waals surface area contributed by atoms with Gasteiger partial charge in [-0.1, -0.05) is 86.0 Å². The minimum Gasteiger partial charge on any atom is -0.455 e. The van der Waals surface area contributed by atoms with E-state index in [9.17, 15) is 39.6 Å². The number of aliphatic hydroxyl groups is 4. The van der Waals surface area contributed by atoms with Gasteiger partial charge in [0.25, 0.3) is 0 Å². The standard InChI is InChI=1S/C36H62O15/c1-7-9-10-11-12-13-14-15-16-17-27(41)48-33-29(43)25(19-37)50-36(33,21-39)51-35-32(45-24(6)40)31(49-34(44)23(5)8-2)30(26(20-38)46-35)47-28(42)18-22(3)4/h22-23,25-26,29-33,35,37-39,43H,7-21H2,1-6H3/t23?,25-,26-,29-,30-,31+,32-,33+,35-,36+/m1/s1. The van der Waals surface area contributed by atoms with Gasteiger partial charge in [0, 0.05) is 19.8 Å². The molecule has 2 aliphatic heterocycles. The van der Waals surface area contributed by atoms with E-state index in [4.69, 9.17) is 33.2 Å². The smallest absolute Gasteiger partial charge is 0.309 e. The van der Waals surface area contributed by atoms with Crippen molar-refractivity contribution in [1.82, 2.24) is 0 Å². The molecular weight excluding hydrogens is 672 g/mol. The fourth-order valence-electron chi connectivity index (χ4n) is 6.05. The van der Waals surface area contributed by atoms with Crippen molar-refractivity contribution >= 4 is 23.9 Å². The summed E-state index contributed by atoms with van der Waals surface area (Å²) in [5.74, 6) is -6.11. The first-order valence-corrected chi connectivity index (χ1v) is 18.6. The van der Waals surface area contributed by atoms with Crippen LogP contribution in [0.25, 0.3) is 0 Å². The van der Waals surface area contributed by atoms with E-state index in [2.05, 4.69) is 6.92 Å². The quantitative estimate of drug-likeness (QED) is 0.0675. The first-order valence-electron chi connectivity index (χ1n) is 18.6. The van der Waals surface area contributed by atoms with Crippen LogP contribution in [0.5, 0.6) is 0 Å². The lowest BCUT2D eigenvalue weighted by Gasteiger charge is -2.46. The van der Waals surface area contributed by atoms with Gasteiger partial charge in [-0.2, -0.15) is 0 Å². The number of unbranched alkanes of at least 4 members (excludes halogenated alkanes) is 8. The van der Waals surface area contributed by atoms with Crippen molar-refractivity contribution in [2.24, 2.45) is 11.8 Å². The number of carbonyl (C=O) groups is 4. The third-order valence-corrected chi connectivity index (χ3v) is 9.12. The summed E-state index contributed by atoms with van der Waals surface area (Å²) in [6, 6.07) is 0. The minimum absolute atomic E-state index is 0.00397. The zero-order valence-corrected chi connectivity index (χ0v) is 31.2. The maximum absolute atomic E-state index is 13.1. The monoisotopic (exact) mass is 734 g/mol. The molecule has 2 rings (SSSR count). The van der Waals surface area contributed by atoms with Gasteiger partial charge < -0.3 is 53.6 Å². The highest BCUT2D eigenvalue weighted by atomic mass is 16.8. The van der Waals surface area contributed by atoms with Crippen molar-refractivity contribution in [3.63, 3.8) is 0 Å². The van der Waals surface area contributed by atoms with Crippen molar-refractivity contribution in [2.45, 2.75) is 173 Å². The number of rotatable bonds is 23. The van der Waals surface area contributed by atoms with Gasteiger partial charge in [0.05, 0.1) is 19.1 Å². The van der Waals surface area contributed by atoms with Crippen LogP contribution < -0.4 is 0 Å². The Kier molecular flexibility index (Phi) is 19.9. The maximum atomic E-state index is 13.1. The van der Waals surface area contributed by atoms with E-state index in [1.165, 1.54) is 25.7 Å². The lowest BCUT2D eigenvalue weighted by atomic mass is 9.97. The van der Waals surface area contributed by atoms with Crippen LogP contribution in [0.1, 0.15) is 119 Å². The number of hydrogen-bond acceptors (Lipinski definition) is 15. The second kappa shape index (κ2) is 22.6. The predicted molar refractivity (Wildman–Crippen MR) is 181 cm³/mol. The molecule has 0 aromatic heterocycles. The van der Waals surface area contributed by atoms with Crippen molar-refractivity contribution in [3.05, 3.63) is 0 Å². The van der Waals surface area contributed by atoms with E-state index in [1.54, 1.807) is 27.7 Å². The van der Waals surface area contributed by atoms with Crippen LogP contribution in [-0.2, 0) is 52.3 Å². The molecule has 4 N–H and O–H groups in total. The second-order valence-electron chi connectivity index (χ2n) is 14.0. The molecule has 0 amide bonds. The first kappa shape index (κ1) is 44.8. The molecule has 296 valence electrons. The van der Waals surface area contributed by atoms with Crippen molar-refractivity contribution in [3.8, 4) is 0 Å². The largest absolute Gasteiger partial charge is 0.455 e. The number of esters is 4. The van der Waals surface area contributed by atoms with Crippen LogP contribution in [0, 0.1) is 11.8 Å². The van der Waals surface area contributed by atoms with Gasteiger partial charge in [0.2, 0.25) is 12.1 Å². The van der Waals surface area contributed by atoms with Crippen molar-refractivity contribution in [1.29, 1.82) is 0 Å². The number of aliphatic hydroxyl groups excluding tert-OH is 4. The van der Waals surface area contributed by atoms with E-state index < -0.39 is 104 Å². The van der Waals surface area contributed by atoms with Gasteiger partial charge in [0.1, 0.15) is 24.9 Å². The van der Waals surface area contributed by atoms with Crippen LogP contribution in [0.4, 0.5) is 0 Å². The molecular formula is C36H62O15. The molecule has 2 heterocycles. The summed E-state index contributed by atoms with van der Waals surface area (Å²) in [4.78, 5) is 51.4. The van der Waals surface area contributed by atoms with Gasteiger partial charge >= 0.3 is 23.9 Å². The molecule has 0 aromatic rings. The fourth-order valence-corrected chi connectivity index (χ4v) is 6.05. The van der Waals surface area contributed by atoms with Crippen LogP contribution >= 0.6 is 0 Å². The average Bonchev–Trinajstić information content (AvgIpc) is 3.34. The first-order chi connectivity index (χ1) is 24.3. The molecule has 51 heavy (non-hydrogen) atoms. The Balaban J connectivity index is 2.36. The Bertz CT molecular complexity index is 1070. The third kappa shape index (κ3) is 13.5. The number of ether oxygens (including phenoxy) is 7. The Morgan fingerprint density at radius 1 is 0.745 bits per heavy atom. The highest BCUT2D eigenvalue weighted by molar-refractivity contribution is 5.73. The molecule has 0 spiro atoms. The zero-order chi connectivity index (χ0) is 38.1. The van der Waals surface area contributed by atoms with Gasteiger partial charge in [-0.05, 0) is 18.8 Å². The lowest BCUT2D eigenvalue weighted by molar-refractivity contribution is -0.384. The summed E-state index contributed by atoms with van der Waals surface area (Å²) in [7, 11) is 0. The van der Waals surface area contributed by atoms with Crippen LogP contribution in [0.3, 0.4) is 0 Å². The van der Waals surface area contributed by atoms with E-state index in [-0.39, 0.29) is 18.8 Å². The molecule has 0 bridgehead atoms. The topological polar surface area (TPSA) is 214 Å². The van der Waals surface area contributed by atoms with Gasteiger partial charge in [-0.3, -0.25) is 19.2 Å². The lowest BCUT2D eigenvalue weighted by Crippen LogP contribution is -2.65. The molecule has 2 aliphatic rings. The zero-order valence-electron chi connectivity index (χ0n) is 31.2. The SMILES string of the molecule is CCCCCCCCCCCC(=O)O[C@H]1[C@H](O)[C@@H](CO)O[C@@]1(CO)O[C@H]1O[C@H](CO)[C@@H](OC(=O)CC(C)C)[C@H](OC(=O)C(C)CC)[C@H]1OC(C)=O. The van der Waals surface area contributed by atoms with E-state index in [0.717, 1.165) is 32.6 Å². The number of hydrogen-bond donors (Lipinski definition) is 4. The highest BCUT2D eigenvalue weighted by Crippen LogP contribution is 2.40. The van der Waals surface area contributed by atoms with E-state index >= 15 is 0 Å². The molecule has 1 unspecified atom stereocenters. The molecule has 15 nitrogen and oxygen atoms in total. The fraction of sp³-hybridized carbons (Fsp3) is 0.889. The van der Waals surface area contributed by atoms with Crippen LogP contribution in [0.15, 0.2) is 0 Å². The number of carbonyl (C=O) groups excluding carboxylic acids is 4. The molecule has 0 aliphatic carbocycles. The predicted octanol–water partition coefficient (Wildman–Crippen LogP) is 2.84. The van der Waals surface area contributed by atoms with Crippen molar-refractivity contribution < 1.29 is 72.8 Å². The summed E-state index contributed by atoms with van der Waals surface area (Å²) in [6.45, 7) is 7.60. The Labute approximate surface area is 301 Å². The molecule has 0 aromatic carbocycles. The molecule has 15 heteroatoms. The third-order valence-electron chi connectivity index (χ3n) is 9.12. The Hall–Kier alpha value is -2.40. The normalized spacial score (nSPS) is 29.8. The molecule has 2 fully saturated rings.